The quantitative estimate of drug-likeness (QED) is 0.457. The summed E-state index contributed by atoms with van der Waals surface area (Å²) < 4.78 is 7.62. The number of hydrogen-bond acceptors (Lipinski definition) is 3. The van der Waals surface area contributed by atoms with E-state index < -0.39 is 5.97 Å². The van der Waals surface area contributed by atoms with E-state index in [1.807, 2.05) is 41.8 Å². The summed E-state index contributed by atoms with van der Waals surface area (Å²) in [7, 11) is 0. The van der Waals surface area contributed by atoms with Crippen molar-refractivity contribution in [1.82, 2.24) is 9.55 Å². The third kappa shape index (κ3) is 3.80. The van der Waals surface area contributed by atoms with E-state index in [4.69, 9.17) is 16.3 Å². The van der Waals surface area contributed by atoms with Crippen LogP contribution in [0.3, 0.4) is 0 Å². The Labute approximate surface area is 172 Å². The fourth-order valence-electron chi connectivity index (χ4n) is 2.85. The largest absolute Gasteiger partial charge is 0.461 e. The standard InChI is InChI=1S/C21H20BrClN2O2/c1-5-27-21(26)18-19(22)25(17-11-16(23)9-7-13(17)3)20(24-18)15-8-6-12(2)14(4)10-15/h6-11H,5H2,1-4H3. The van der Waals surface area contributed by atoms with Crippen LogP contribution >= 0.6 is 27.5 Å². The first-order chi connectivity index (χ1) is 12.8. The van der Waals surface area contributed by atoms with Crippen molar-refractivity contribution >= 4 is 33.5 Å². The SMILES string of the molecule is CCOC(=O)c1nc(-c2ccc(C)c(C)c2)n(-c2cc(Cl)ccc2C)c1Br. The molecule has 0 bridgehead atoms. The summed E-state index contributed by atoms with van der Waals surface area (Å²) in [6, 6.07) is 11.8. The maximum absolute atomic E-state index is 12.4. The minimum Gasteiger partial charge on any atom is -0.461 e. The van der Waals surface area contributed by atoms with E-state index >= 15 is 0 Å². The number of nitrogens with zero attached hydrogens (tertiary/aromatic N) is 2. The molecule has 0 atom stereocenters. The lowest BCUT2D eigenvalue weighted by Gasteiger charge is -2.13. The first kappa shape index (κ1) is 19.6. The second-order valence-corrected chi connectivity index (χ2v) is 7.55. The van der Waals surface area contributed by atoms with E-state index in [0.717, 1.165) is 22.4 Å². The van der Waals surface area contributed by atoms with Crippen LogP contribution < -0.4 is 0 Å². The Morgan fingerprint density at radius 1 is 1.11 bits per heavy atom. The lowest BCUT2D eigenvalue weighted by atomic mass is 10.1. The highest BCUT2D eigenvalue weighted by molar-refractivity contribution is 9.10. The third-order valence-electron chi connectivity index (χ3n) is 4.47. The Morgan fingerprint density at radius 3 is 2.48 bits per heavy atom. The van der Waals surface area contributed by atoms with Gasteiger partial charge >= 0.3 is 5.97 Å². The topological polar surface area (TPSA) is 44.1 Å². The zero-order chi connectivity index (χ0) is 19.7. The Morgan fingerprint density at radius 2 is 1.81 bits per heavy atom. The monoisotopic (exact) mass is 446 g/mol. The summed E-state index contributed by atoms with van der Waals surface area (Å²) in [5, 5.41) is 0.611. The third-order valence-corrected chi connectivity index (χ3v) is 5.43. The smallest absolute Gasteiger partial charge is 0.359 e. The van der Waals surface area contributed by atoms with Crippen LogP contribution in [0.4, 0.5) is 0 Å². The molecular weight excluding hydrogens is 428 g/mol. The molecule has 0 N–H and O–H groups in total. The number of esters is 1. The van der Waals surface area contributed by atoms with Gasteiger partial charge < -0.3 is 4.74 Å². The minimum atomic E-state index is -0.465. The van der Waals surface area contributed by atoms with E-state index in [-0.39, 0.29) is 12.3 Å². The normalized spacial score (nSPS) is 10.9. The molecule has 3 rings (SSSR count). The van der Waals surface area contributed by atoms with Gasteiger partial charge in [0.1, 0.15) is 10.4 Å². The number of halogens is 2. The van der Waals surface area contributed by atoms with Crippen LogP contribution in [0.5, 0.6) is 0 Å². The molecule has 0 fully saturated rings. The molecular formula is C21H20BrClN2O2. The first-order valence-electron chi connectivity index (χ1n) is 8.63. The Balaban J connectivity index is 2.31. The van der Waals surface area contributed by atoms with Crippen LogP contribution in [0.15, 0.2) is 41.0 Å². The molecule has 3 aromatic rings. The van der Waals surface area contributed by atoms with Crippen molar-refractivity contribution in [2.24, 2.45) is 0 Å². The van der Waals surface area contributed by atoms with Gasteiger partial charge in [0.2, 0.25) is 0 Å². The number of carbonyl (C=O) groups is 1. The van der Waals surface area contributed by atoms with Gasteiger partial charge in [0.05, 0.1) is 12.3 Å². The van der Waals surface area contributed by atoms with Gasteiger partial charge in [0, 0.05) is 10.6 Å². The average Bonchev–Trinajstić information content (AvgIpc) is 2.97. The molecule has 6 heteroatoms. The zero-order valence-electron chi connectivity index (χ0n) is 15.6. The maximum Gasteiger partial charge on any atom is 0.359 e. The molecule has 0 aliphatic heterocycles. The second-order valence-electron chi connectivity index (χ2n) is 6.36. The van der Waals surface area contributed by atoms with Crippen molar-refractivity contribution < 1.29 is 9.53 Å². The summed E-state index contributed by atoms with van der Waals surface area (Å²) in [5.74, 6) is 0.186. The van der Waals surface area contributed by atoms with Crippen molar-refractivity contribution in [1.29, 1.82) is 0 Å². The summed E-state index contributed by atoms with van der Waals surface area (Å²) in [5.41, 5.74) is 5.36. The second kappa shape index (κ2) is 7.87. The molecule has 0 saturated carbocycles. The maximum atomic E-state index is 12.4. The molecule has 2 aromatic carbocycles. The molecule has 0 aliphatic carbocycles. The van der Waals surface area contributed by atoms with Gasteiger partial charge in [0.15, 0.2) is 5.69 Å². The number of ether oxygens (including phenoxy) is 1. The van der Waals surface area contributed by atoms with Gasteiger partial charge in [-0.15, -0.1) is 0 Å². The highest BCUT2D eigenvalue weighted by atomic mass is 79.9. The van der Waals surface area contributed by atoms with Gasteiger partial charge in [-0.25, -0.2) is 9.78 Å². The van der Waals surface area contributed by atoms with Crippen LogP contribution in [-0.4, -0.2) is 22.1 Å². The highest BCUT2D eigenvalue weighted by Gasteiger charge is 2.24. The van der Waals surface area contributed by atoms with Crippen LogP contribution in [0, 0.1) is 20.8 Å². The molecule has 0 unspecified atom stereocenters. The van der Waals surface area contributed by atoms with Crippen LogP contribution in [0.1, 0.15) is 34.1 Å². The van der Waals surface area contributed by atoms with E-state index in [1.54, 1.807) is 6.92 Å². The Hall–Kier alpha value is -2.11. The van der Waals surface area contributed by atoms with Gasteiger partial charge in [-0.3, -0.25) is 4.57 Å². The molecule has 0 aliphatic rings. The van der Waals surface area contributed by atoms with Crippen LogP contribution in [0.25, 0.3) is 17.1 Å². The van der Waals surface area contributed by atoms with E-state index in [9.17, 15) is 4.79 Å². The summed E-state index contributed by atoms with van der Waals surface area (Å²) in [4.78, 5) is 17.0. The number of imidazole rings is 1. The Bertz CT molecular complexity index is 1030. The highest BCUT2D eigenvalue weighted by Crippen LogP contribution is 2.33. The van der Waals surface area contributed by atoms with E-state index in [0.29, 0.717) is 15.5 Å². The lowest BCUT2D eigenvalue weighted by molar-refractivity contribution is 0.0519. The van der Waals surface area contributed by atoms with Crippen molar-refractivity contribution in [3.05, 3.63) is 68.4 Å². The molecule has 140 valence electrons. The fourth-order valence-corrected chi connectivity index (χ4v) is 3.62. The number of aromatic nitrogens is 2. The number of aryl methyl sites for hydroxylation is 3. The summed E-state index contributed by atoms with van der Waals surface area (Å²) in [6.45, 7) is 8.17. The average molecular weight is 448 g/mol. The molecule has 0 saturated heterocycles. The van der Waals surface area contributed by atoms with Crippen molar-refractivity contribution in [3.63, 3.8) is 0 Å². The minimum absolute atomic E-state index is 0.240. The van der Waals surface area contributed by atoms with Crippen LogP contribution in [0.2, 0.25) is 5.02 Å². The molecule has 1 heterocycles. The van der Waals surface area contributed by atoms with Crippen LogP contribution in [-0.2, 0) is 4.74 Å². The van der Waals surface area contributed by atoms with Crippen molar-refractivity contribution in [2.45, 2.75) is 27.7 Å². The molecule has 0 spiro atoms. The molecule has 27 heavy (non-hydrogen) atoms. The number of rotatable bonds is 4. The van der Waals surface area contributed by atoms with Crippen molar-refractivity contribution in [2.75, 3.05) is 6.61 Å². The molecule has 1 aromatic heterocycles. The van der Waals surface area contributed by atoms with Gasteiger partial charge in [-0.2, -0.15) is 0 Å². The predicted octanol–water partition coefficient (Wildman–Crippen LogP) is 6.06. The molecule has 4 nitrogen and oxygen atoms in total. The van der Waals surface area contributed by atoms with Gasteiger partial charge in [-0.1, -0.05) is 29.8 Å². The number of carbonyl (C=O) groups excluding carboxylic acids is 1. The predicted molar refractivity (Wildman–Crippen MR) is 112 cm³/mol. The van der Waals surface area contributed by atoms with E-state index in [1.165, 1.54) is 5.56 Å². The lowest BCUT2D eigenvalue weighted by Crippen LogP contribution is -2.06. The first-order valence-corrected chi connectivity index (χ1v) is 9.80. The van der Waals surface area contributed by atoms with Gasteiger partial charge in [0.25, 0.3) is 0 Å². The fraction of sp³-hybridized carbons (Fsp3) is 0.238. The number of hydrogen-bond donors (Lipinski definition) is 0. The molecule has 0 amide bonds. The zero-order valence-corrected chi connectivity index (χ0v) is 18.0. The van der Waals surface area contributed by atoms with Gasteiger partial charge in [-0.05, 0) is 78.5 Å². The molecule has 0 radical (unpaired) electrons. The van der Waals surface area contributed by atoms with Crippen molar-refractivity contribution in [3.8, 4) is 17.1 Å². The van der Waals surface area contributed by atoms with E-state index in [2.05, 4.69) is 40.8 Å². The Kier molecular flexibility index (Phi) is 5.72. The number of benzene rings is 2. The summed E-state index contributed by atoms with van der Waals surface area (Å²) in [6.07, 6.45) is 0. The summed E-state index contributed by atoms with van der Waals surface area (Å²) >= 11 is 9.80.